The van der Waals surface area contributed by atoms with Gasteiger partial charge in [-0.3, -0.25) is 4.79 Å². The Labute approximate surface area is 165 Å². The number of nitrogens with zero attached hydrogens (tertiary/aromatic N) is 4. The summed E-state index contributed by atoms with van der Waals surface area (Å²) in [6.45, 7) is 2.11. The highest BCUT2D eigenvalue weighted by Crippen LogP contribution is 2.52. The standard InChI is InChI=1S/C20H16BrN5O/c1-12(27)26-6-5-17-16(9-26)18(13-3-2-4-14(21)7-13)15(8-22)19(25)20(17,10-23)11-24/h2-5,7,16,18H,6,9,25H2,1H3/t16-,18-/m1/s1. The van der Waals surface area contributed by atoms with Gasteiger partial charge in [0, 0.05) is 36.3 Å². The molecule has 0 saturated heterocycles. The highest BCUT2D eigenvalue weighted by Gasteiger charge is 2.52. The molecule has 0 aromatic heterocycles. The van der Waals surface area contributed by atoms with E-state index in [1.54, 1.807) is 11.0 Å². The number of carbonyl (C=O) groups excluding carboxylic acids is 1. The van der Waals surface area contributed by atoms with Gasteiger partial charge in [-0.15, -0.1) is 0 Å². The molecule has 0 bridgehead atoms. The van der Waals surface area contributed by atoms with Crippen LogP contribution in [0.5, 0.6) is 0 Å². The molecule has 2 atom stereocenters. The maximum Gasteiger partial charge on any atom is 0.219 e. The fourth-order valence-electron chi connectivity index (χ4n) is 3.97. The highest BCUT2D eigenvalue weighted by molar-refractivity contribution is 9.10. The van der Waals surface area contributed by atoms with E-state index >= 15 is 0 Å². The van der Waals surface area contributed by atoms with Gasteiger partial charge in [0.15, 0.2) is 0 Å². The van der Waals surface area contributed by atoms with E-state index in [0.717, 1.165) is 10.0 Å². The number of hydrogen-bond donors (Lipinski definition) is 1. The average Bonchev–Trinajstić information content (AvgIpc) is 2.67. The molecule has 0 spiro atoms. The maximum absolute atomic E-state index is 11.9. The fraction of sp³-hybridized carbons (Fsp3) is 0.300. The van der Waals surface area contributed by atoms with E-state index in [4.69, 9.17) is 5.73 Å². The van der Waals surface area contributed by atoms with Crippen LogP contribution in [0.4, 0.5) is 0 Å². The zero-order valence-electron chi connectivity index (χ0n) is 14.6. The molecular formula is C20H16BrN5O. The molecule has 134 valence electrons. The Balaban J connectivity index is 2.31. The molecule has 1 heterocycles. The van der Waals surface area contributed by atoms with Crippen LogP contribution in [0, 0.1) is 45.3 Å². The van der Waals surface area contributed by atoms with E-state index in [0.29, 0.717) is 18.7 Å². The van der Waals surface area contributed by atoms with Gasteiger partial charge < -0.3 is 10.6 Å². The van der Waals surface area contributed by atoms with Crippen LogP contribution < -0.4 is 5.73 Å². The number of fused-ring (bicyclic) bond motifs is 1. The van der Waals surface area contributed by atoms with Gasteiger partial charge in [0.25, 0.3) is 0 Å². The number of carbonyl (C=O) groups is 1. The van der Waals surface area contributed by atoms with Crippen LogP contribution in [-0.4, -0.2) is 23.9 Å². The molecule has 0 saturated carbocycles. The number of nitriles is 3. The summed E-state index contributed by atoms with van der Waals surface area (Å²) < 4.78 is 0.845. The second-order valence-corrected chi connectivity index (χ2v) is 7.55. The van der Waals surface area contributed by atoms with Crippen molar-refractivity contribution in [3.8, 4) is 18.2 Å². The number of rotatable bonds is 1. The molecule has 1 amide bonds. The third-order valence-corrected chi connectivity index (χ3v) is 5.79. The van der Waals surface area contributed by atoms with Crippen molar-refractivity contribution in [3.63, 3.8) is 0 Å². The zero-order chi connectivity index (χ0) is 19.8. The van der Waals surface area contributed by atoms with Crippen LogP contribution >= 0.6 is 15.9 Å². The second kappa shape index (κ2) is 6.91. The molecule has 6 nitrogen and oxygen atoms in total. The largest absolute Gasteiger partial charge is 0.399 e. The van der Waals surface area contributed by atoms with Crippen molar-refractivity contribution in [1.29, 1.82) is 15.8 Å². The Morgan fingerprint density at radius 2 is 2.04 bits per heavy atom. The monoisotopic (exact) mass is 421 g/mol. The fourth-order valence-corrected chi connectivity index (χ4v) is 4.39. The molecule has 1 aliphatic heterocycles. The second-order valence-electron chi connectivity index (χ2n) is 6.64. The number of halogens is 1. The van der Waals surface area contributed by atoms with E-state index in [1.807, 2.05) is 36.4 Å². The topological polar surface area (TPSA) is 118 Å². The van der Waals surface area contributed by atoms with Crippen molar-refractivity contribution in [2.24, 2.45) is 17.1 Å². The summed E-state index contributed by atoms with van der Waals surface area (Å²) in [6.07, 6.45) is 1.74. The van der Waals surface area contributed by atoms with E-state index in [9.17, 15) is 20.6 Å². The number of benzene rings is 1. The van der Waals surface area contributed by atoms with E-state index in [1.165, 1.54) is 6.92 Å². The third-order valence-electron chi connectivity index (χ3n) is 5.30. The van der Waals surface area contributed by atoms with Gasteiger partial charge in [0.05, 0.1) is 29.5 Å². The first-order chi connectivity index (χ1) is 12.9. The van der Waals surface area contributed by atoms with Crippen LogP contribution in [0.15, 0.2) is 51.7 Å². The van der Waals surface area contributed by atoms with Gasteiger partial charge in [0.2, 0.25) is 11.3 Å². The lowest BCUT2D eigenvalue weighted by Gasteiger charge is -2.44. The van der Waals surface area contributed by atoms with Crippen LogP contribution in [0.3, 0.4) is 0 Å². The van der Waals surface area contributed by atoms with E-state index < -0.39 is 11.3 Å². The molecule has 1 aromatic carbocycles. The summed E-state index contributed by atoms with van der Waals surface area (Å²) in [5.74, 6) is -0.909. The lowest BCUT2D eigenvalue weighted by Crippen LogP contribution is -2.48. The minimum absolute atomic E-state index is 0.0150. The lowest BCUT2D eigenvalue weighted by atomic mass is 9.60. The molecule has 3 rings (SSSR count). The van der Waals surface area contributed by atoms with Crippen molar-refractivity contribution in [2.75, 3.05) is 13.1 Å². The average molecular weight is 422 g/mol. The Hall–Kier alpha value is -3.08. The van der Waals surface area contributed by atoms with Gasteiger partial charge in [-0.1, -0.05) is 34.1 Å². The minimum atomic E-state index is -1.68. The van der Waals surface area contributed by atoms with Crippen molar-refractivity contribution >= 4 is 21.8 Å². The predicted molar refractivity (Wildman–Crippen MR) is 101 cm³/mol. The van der Waals surface area contributed by atoms with E-state index in [-0.39, 0.29) is 23.1 Å². The summed E-state index contributed by atoms with van der Waals surface area (Å²) >= 11 is 3.44. The summed E-state index contributed by atoms with van der Waals surface area (Å²) in [5, 5.41) is 29.5. The van der Waals surface area contributed by atoms with Gasteiger partial charge in [0.1, 0.15) is 0 Å². The Morgan fingerprint density at radius 3 is 2.59 bits per heavy atom. The quantitative estimate of drug-likeness (QED) is 0.699. The molecule has 1 aliphatic carbocycles. The Morgan fingerprint density at radius 1 is 1.33 bits per heavy atom. The van der Waals surface area contributed by atoms with Crippen LogP contribution in [0.1, 0.15) is 18.4 Å². The molecule has 0 unspecified atom stereocenters. The number of amides is 1. The smallest absolute Gasteiger partial charge is 0.219 e. The van der Waals surface area contributed by atoms with Crippen LogP contribution in [0.2, 0.25) is 0 Å². The van der Waals surface area contributed by atoms with E-state index in [2.05, 4.69) is 22.0 Å². The van der Waals surface area contributed by atoms with Crippen molar-refractivity contribution in [2.45, 2.75) is 12.8 Å². The number of allylic oxidation sites excluding steroid dienone is 2. The van der Waals surface area contributed by atoms with Crippen molar-refractivity contribution < 1.29 is 4.79 Å². The number of nitrogens with two attached hydrogens (primary N) is 1. The maximum atomic E-state index is 11.9. The lowest BCUT2D eigenvalue weighted by molar-refractivity contribution is -0.129. The van der Waals surface area contributed by atoms with Crippen LogP contribution in [0.25, 0.3) is 0 Å². The summed E-state index contributed by atoms with van der Waals surface area (Å²) in [4.78, 5) is 13.6. The van der Waals surface area contributed by atoms with Gasteiger partial charge in [-0.25, -0.2) is 0 Å². The molecule has 2 N–H and O–H groups in total. The van der Waals surface area contributed by atoms with Crippen molar-refractivity contribution in [1.82, 2.24) is 4.90 Å². The van der Waals surface area contributed by atoms with Gasteiger partial charge >= 0.3 is 0 Å². The minimum Gasteiger partial charge on any atom is -0.399 e. The normalized spacial score (nSPS) is 23.4. The molecule has 27 heavy (non-hydrogen) atoms. The molecule has 0 radical (unpaired) electrons. The van der Waals surface area contributed by atoms with Gasteiger partial charge in [-0.05, 0) is 23.3 Å². The molecule has 2 aliphatic rings. The Bertz CT molecular complexity index is 990. The summed E-state index contributed by atoms with van der Waals surface area (Å²) in [5.41, 5.74) is 6.17. The predicted octanol–water partition coefficient (Wildman–Crippen LogP) is 2.72. The zero-order valence-corrected chi connectivity index (χ0v) is 16.2. The van der Waals surface area contributed by atoms with Crippen molar-refractivity contribution in [3.05, 3.63) is 57.2 Å². The number of hydrogen-bond acceptors (Lipinski definition) is 5. The summed E-state index contributed by atoms with van der Waals surface area (Å²) in [7, 11) is 0. The first-order valence-electron chi connectivity index (χ1n) is 8.33. The first kappa shape index (κ1) is 18.7. The van der Waals surface area contributed by atoms with Crippen LogP contribution in [-0.2, 0) is 4.79 Å². The molecular weight excluding hydrogens is 406 g/mol. The highest BCUT2D eigenvalue weighted by atomic mass is 79.9. The SMILES string of the molecule is CC(=O)N1CC=C2[C@@H](C1)[C@H](c1cccc(Br)c1)C(C#N)=C(N)C2(C#N)C#N. The Kier molecular flexibility index (Phi) is 4.79. The molecule has 1 aromatic rings. The molecule has 0 fully saturated rings. The molecule has 7 heteroatoms. The summed E-state index contributed by atoms with van der Waals surface area (Å²) in [6, 6.07) is 13.7. The first-order valence-corrected chi connectivity index (χ1v) is 9.13. The third kappa shape index (κ3) is 2.79. The van der Waals surface area contributed by atoms with Gasteiger partial charge in [-0.2, -0.15) is 15.8 Å².